The first-order valence-electron chi connectivity index (χ1n) is 9.14. The molecule has 1 saturated heterocycles. The second kappa shape index (κ2) is 8.41. The summed E-state index contributed by atoms with van der Waals surface area (Å²) < 4.78 is 0. The molecule has 2 heterocycles. The molecule has 0 radical (unpaired) electrons. The van der Waals surface area contributed by atoms with Crippen molar-refractivity contribution in [1.29, 1.82) is 0 Å². The molecular formula is C21H23N5S. The summed E-state index contributed by atoms with van der Waals surface area (Å²) >= 11 is 1.74. The molecule has 0 saturated carbocycles. The van der Waals surface area contributed by atoms with Gasteiger partial charge in [-0.3, -0.25) is 4.90 Å². The van der Waals surface area contributed by atoms with E-state index < -0.39 is 0 Å². The minimum atomic E-state index is 0.827. The summed E-state index contributed by atoms with van der Waals surface area (Å²) in [5.74, 6) is 0.827. The van der Waals surface area contributed by atoms with E-state index in [2.05, 4.69) is 50.1 Å². The molecule has 2 N–H and O–H groups in total. The molecule has 3 aromatic rings. The van der Waals surface area contributed by atoms with Crippen LogP contribution in [0.15, 0.2) is 76.8 Å². The summed E-state index contributed by atoms with van der Waals surface area (Å²) in [5, 5.41) is 0. The van der Waals surface area contributed by atoms with E-state index in [4.69, 9.17) is 5.73 Å². The van der Waals surface area contributed by atoms with Gasteiger partial charge >= 0.3 is 0 Å². The maximum atomic E-state index is 6.12. The Kier molecular flexibility index (Phi) is 5.55. The highest BCUT2D eigenvalue weighted by molar-refractivity contribution is 7.99. The van der Waals surface area contributed by atoms with E-state index in [1.807, 2.05) is 24.3 Å². The first-order valence-corrected chi connectivity index (χ1v) is 9.96. The summed E-state index contributed by atoms with van der Waals surface area (Å²) in [6, 6.07) is 18.5. The van der Waals surface area contributed by atoms with Gasteiger partial charge in [0.25, 0.3) is 0 Å². The smallest absolute Gasteiger partial charge is 0.225 e. The molecule has 0 unspecified atom stereocenters. The largest absolute Gasteiger partial charge is 0.398 e. The molecule has 0 aliphatic carbocycles. The van der Waals surface area contributed by atoms with Gasteiger partial charge in [-0.05, 0) is 29.8 Å². The molecular weight excluding hydrogens is 354 g/mol. The predicted molar refractivity (Wildman–Crippen MR) is 111 cm³/mol. The molecule has 138 valence electrons. The number of aromatic nitrogens is 2. The van der Waals surface area contributed by atoms with Gasteiger partial charge in [0.2, 0.25) is 5.95 Å². The second-order valence-corrected chi connectivity index (χ2v) is 7.64. The van der Waals surface area contributed by atoms with E-state index >= 15 is 0 Å². The van der Waals surface area contributed by atoms with Crippen LogP contribution in [-0.2, 0) is 6.54 Å². The van der Waals surface area contributed by atoms with Crippen molar-refractivity contribution in [1.82, 2.24) is 14.9 Å². The van der Waals surface area contributed by atoms with Crippen molar-refractivity contribution in [3.63, 3.8) is 0 Å². The number of benzene rings is 2. The molecule has 5 nitrogen and oxygen atoms in total. The van der Waals surface area contributed by atoms with Gasteiger partial charge in [0.1, 0.15) is 0 Å². The Hall–Kier alpha value is -2.57. The minimum Gasteiger partial charge on any atom is -0.398 e. The highest BCUT2D eigenvalue weighted by Crippen LogP contribution is 2.34. The van der Waals surface area contributed by atoms with Crippen molar-refractivity contribution in [3.8, 4) is 0 Å². The van der Waals surface area contributed by atoms with Crippen LogP contribution in [0.3, 0.4) is 0 Å². The Morgan fingerprint density at radius 2 is 1.48 bits per heavy atom. The summed E-state index contributed by atoms with van der Waals surface area (Å²) in [4.78, 5) is 15.8. The zero-order valence-electron chi connectivity index (χ0n) is 15.2. The molecule has 27 heavy (non-hydrogen) atoms. The van der Waals surface area contributed by atoms with Gasteiger partial charge in [-0.15, -0.1) is 0 Å². The van der Waals surface area contributed by atoms with Crippen LogP contribution in [0.4, 0.5) is 11.6 Å². The number of anilines is 2. The Balaban J connectivity index is 1.41. The fourth-order valence-electron chi connectivity index (χ4n) is 3.23. The summed E-state index contributed by atoms with van der Waals surface area (Å²) in [7, 11) is 0. The second-order valence-electron chi connectivity index (χ2n) is 6.56. The molecule has 0 amide bonds. The SMILES string of the molecule is Nc1ccccc1Sc1ccccc1CN1CCN(c2ncccn2)CC1. The topological polar surface area (TPSA) is 58.3 Å². The van der Waals surface area contributed by atoms with E-state index in [0.717, 1.165) is 49.3 Å². The van der Waals surface area contributed by atoms with Crippen LogP contribution < -0.4 is 10.6 Å². The molecule has 0 spiro atoms. The lowest BCUT2D eigenvalue weighted by molar-refractivity contribution is 0.247. The molecule has 2 aromatic carbocycles. The number of rotatable bonds is 5. The van der Waals surface area contributed by atoms with Crippen molar-refractivity contribution in [3.05, 3.63) is 72.6 Å². The fraction of sp³-hybridized carbons (Fsp3) is 0.238. The summed E-state index contributed by atoms with van der Waals surface area (Å²) in [6.45, 7) is 4.85. The first-order chi connectivity index (χ1) is 13.3. The average Bonchev–Trinajstić information content (AvgIpc) is 2.72. The van der Waals surface area contributed by atoms with Gasteiger partial charge in [0.05, 0.1) is 0 Å². The number of nitrogens with two attached hydrogens (primary N) is 1. The van der Waals surface area contributed by atoms with E-state index in [1.165, 1.54) is 10.5 Å². The van der Waals surface area contributed by atoms with Gasteiger partial charge in [-0.2, -0.15) is 0 Å². The number of hydrogen-bond donors (Lipinski definition) is 1. The number of nitrogens with zero attached hydrogens (tertiary/aromatic N) is 4. The predicted octanol–water partition coefficient (Wildman–Crippen LogP) is 3.53. The van der Waals surface area contributed by atoms with Gasteiger partial charge in [0.15, 0.2) is 0 Å². The Morgan fingerprint density at radius 3 is 2.22 bits per heavy atom. The maximum absolute atomic E-state index is 6.12. The zero-order valence-corrected chi connectivity index (χ0v) is 16.0. The van der Waals surface area contributed by atoms with Crippen LogP contribution in [-0.4, -0.2) is 41.0 Å². The van der Waals surface area contributed by atoms with Crippen LogP contribution >= 0.6 is 11.8 Å². The van der Waals surface area contributed by atoms with Crippen molar-refractivity contribution >= 4 is 23.4 Å². The Bertz CT molecular complexity index is 879. The molecule has 4 rings (SSSR count). The zero-order chi connectivity index (χ0) is 18.5. The molecule has 6 heteroatoms. The lowest BCUT2D eigenvalue weighted by Gasteiger charge is -2.34. The summed E-state index contributed by atoms with van der Waals surface area (Å²) in [6.07, 6.45) is 3.61. The quantitative estimate of drug-likeness (QED) is 0.687. The van der Waals surface area contributed by atoms with Gasteiger partial charge in [-0.1, -0.05) is 42.1 Å². The van der Waals surface area contributed by atoms with Gasteiger partial charge < -0.3 is 10.6 Å². The third-order valence-electron chi connectivity index (χ3n) is 4.71. The van der Waals surface area contributed by atoms with Gasteiger partial charge in [0, 0.05) is 60.6 Å². The van der Waals surface area contributed by atoms with Crippen LogP contribution in [0.1, 0.15) is 5.56 Å². The molecule has 1 fully saturated rings. The molecule has 1 aliphatic rings. The molecule has 0 atom stereocenters. The highest BCUT2D eigenvalue weighted by atomic mass is 32.2. The maximum Gasteiger partial charge on any atom is 0.225 e. The van der Waals surface area contributed by atoms with Crippen LogP contribution in [0.2, 0.25) is 0 Å². The highest BCUT2D eigenvalue weighted by Gasteiger charge is 2.19. The van der Waals surface area contributed by atoms with E-state index in [1.54, 1.807) is 24.2 Å². The molecule has 1 aromatic heterocycles. The van der Waals surface area contributed by atoms with Crippen molar-refractivity contribution in [2.75, 3.05) is 36.8 Å². The number of para-hydroxylation sites is 1. The van der Waals surface area contributed by atoms with Crippen molar-refractivity contribution in [2.45, 2.75) is 16.3 Å². The van der Waals surface area contributed by atoms with Crippen LogP contribution in [0.25, 0.3) is 0 Å². The Labute approximate surface area is 164 Å². The number of nitrogen functional groups attached to an aromatic ring is 1. The van der Waals surface area contributed by atoms with Gasteiger partial charge in [-0.25, -0.2) is 9.97 Å². The van der Waals surface area contributed by atoms with Crippen molar-refractivity contribution in [2.24, 2.45) is 0 Å². The first kappa shape index (κ1) is 17.8. The van der Waals surface area contributed by atoms with Crippen LogP contribution in [0, 0.1) is 0 Å². The van der Waals surface area contributed by atoms with Crippen LogP contribution in [0.5, 0.6) is 0 Å². The standard InChI is InChI=1S/C21H23N5S/c22-18-7-2-4-9-20(18)27-19-8-3-1-6-17(19)16-25-12-14-26(15-13-25)21-23-10-5-11-24-21/h1-11H,12-16,22H2. The average molecular weight is 378 g/mol. The van der Waals surface area contributed by atoms with E-state index in [0.29, 0.717) is 0 Å². The molecule has 1 aliphatic heterocycles. The van der Waals surface area contributed by atoms with E-state index in [9.17, 15) is 0 Å². The van der Waals surface area contributed by atoms with E-state index in [-0.39, 0.29) is 0 Å². The number of hydrogen-bond acceptors (Lipinski definition) is 6. The van der Waals surface area contributed by atoms with Crippen molar-refractivity contribution < 1.29 is 0 Å². The monoisotopic (exact) mass is 377 g/mol. The lowest BCUT2D eigenvalue weighted by atomic mass is 10.2. The normalized spacial score (nSPS) is 15.0. The number of piperazine rings is 1. The summed E-state index contributed by atoms with van der Waals surface area (Å²) in [5.41, 5.74) is 8.29. The lowest BCUT2D eigenvalue weighted by Crippen LogP contribution is -2.46. The minimum absolute atomic E-state index is 0.827. The third kappa shape index (κ3) is 4.40. The molecule has 0 bridgehead atoms. The Morgan fingerprint density at radius 1 is 0.815 bits per heavy atom. The third-order valence-corrected chi connectivity index (χ3v) is 5.92. The fourth-order valence-corrected chi connectivity index (χ4v) is 4.21.